The number of nitrogens with one attached hydrogen (secondary N) is 2. The summed E-state index contributed by atoms with van der Waals surface area (Å²) in [5.41, 5.74) is 1.21. The average Bonchev–Trinajstić information content (AvgIpc) is 2.78. The van der Waals surface area contributed by atoms with Crippen LogP contribution in [-0.2, 0) is 18.4 Å². The van der Waals surface area contributed by atoms with Gasteiger partial charge in [-0.25, -0.2) is 0 Å². The van der Waals surface area contributed by atoms with E-state index in [2.05, 4.69) is 47.1 Å². The molecule has 1 aliphatic rings. The Labute approximate surface area is 176 Å². The van der Waals surface area contributed by atoms with Gasteiger partial charge in [0, 0.05) is 56.5 Å². The second kappa shape index (κ2) is 11.1. The zero-order chi connectivity index (χ0) is 17.5. The van der Waals surface area contributed by atoms with E-state index in [1.54, 1.807) is 7.05 Å². The summed E-state index contributed by atoms with van der Waals surface area (Å²) in [5, 5.41) is 6.36. The number of carbonyl (C=O) groups excluding carboxylic acids is 1. The van der Waals surface area contributed by atoms with Gasteiger partial charge in [0.05, 0.1) is 6.54 Å². The number of nitrogens with zero attached hydrogens (tertiary/aromatic N) is 3. The number of carbonyl (C=O) groups is 1. The van der Waals surface area contributed by atoms with Crippen molar-refractivity contribution in [2.45, 2.75) is 32.2 Å². The molecule has 1 saturated carbocycles. The molecule has 0 aliphatic heterocycles. The highest BCUT2D eigenvalue weighted by atomic mass is 127. The number of hydrogen-bond donors (Lipinski definition) is 2. The van der Waals surface area contributed by atoms with Crippen molar-refractivity contribution >= 4 is 51.8 Å². The molecule has 2 rings (SSSR count). The van der Waals surface area contributed by atoms with Crippen LogP contribution in [0.2, 0.25) is 0 Å². The van der Waals surface area contributed by atoms with Crippen LogP contribution in [0.4, 0.5) is 0 Å². The number of halogens is 2. The maximum atomic E-state index is 11.8. The van der Waals surface area contributed by atoms with Gasteiger partial charge in [-0.05, 0) is 41.3 Å². The molecule has 1 heterocycles. The first-order valence-electron chi connectivity index (χ1n) is 8.51. The lowest BCUT2D eigenvalue weighted by atomic mass is 9.85. The highest BCUT2D eigenvalue weighted by Gasteiger charge is 2.24. The first-order chi connectivity index (χ1) is 11.5. The maximum Gasteiger partial charge on any atom is 0.223 e. The summed E-state index contributed by atoms with van der Waals surface area (Å²) in [6.07, 6.45) is 6.23. The standard InChI is InChI=1S/C17H28BrN5O.HI/c1-19-17(23(3)12-15-10-14(18)11-22(15)2)21-9-5-8-20-16(24)13-6-4-7-13;/h10-11,13H,4-9,12H2,1-3H3,(H,19,21)(H,20,24);1H. The molecule has 8 heteroatoms. The van der Waals surface area contributed by atoms with Crippen LogP contribution in [0.15, 0.2) is 21.7 Å². The molecular formula is C17H29BrIN5O. The van der Waals surface area contributed by atoms with Crippen molar-refractivity contribution in [1.82, 2.24) is 20.1 Å². The van der Waals surface area contributed by atoms with E-state index < -0.39 is 0 Å². The molecule has 1 aromatic rings. The van der Waals surface area contributed by atoms with E-state index in [0.29, 0.717) is 6.54 Å². The molecule has 0 unspecified atom stereocenters. The van der Waals surface area contributed by atoms with Crippen molar-refractivity contribution in [2.75, 3.05) is 27.2 Å². The SMILES string of the molecule is CN=C(NCCCNC(=O)C1CCC1)N(C)Cc1cc(Br)cn1C.I. The van der Waals surface area contributed by atoms with E-state index in [4.69, 9.17) is 0 Å². The monoisotopic (exact) mass is 525 g/mol. The lowest BCUT2D eigenvalue weighted by Crippen LogP contribution is -2.40. The number of aryl methyl sites for hydroxylation is 1. The Morgan fingerprint density at radius 2 is 2.08 bits per heavy atom. The third-order valence-electron chi connectivity index (χ3n) is 4.46. The summed E-state index contributed by atoms with van der Waals surface area (Å²) in [6, 6.07) is 2.11. The van der Waals surface area contributed by atoms with Crippen molar-refractivity contribution in [3.8, 4) is 0 Å². The van der Waals surface area contributed by atoms with Crippen molar-refractivity contribution < 1.29 is 4.79 Å². The molecule has 1 fully saturated rings. The maximum absolute atomic E-state index is 11.8. The minimum atomic E-state index is 0. The molecule has 1 aromatic heterocycles. The van der Waals surface area contributed by atoms with Crippen LogP contribution in [0.3, 0.4) is 0 Å². The molecule has 0 bridgehead atoms. The second-order valence-electron chi connectivity index (χ2n) is 6.36. The highest BCUT2D eigenvalue weighted by Crippen LogP contribution is 2.26. The molecule has 6 nitrogen and oxygen atoms in total. The van der Waals surface area contributed by atoms with Crippen LogP contribution in [0.5, 0.6) is 0 Å². The lowest BCUT2D eigenvalue weighted by molar-refractivity contribution is -0.127. The van der Waals surface area contributed by atoms with Gasteiger partial charge in [-0.3, -0.25) is 9.79 Å². The molecule has 0 radical (unpaired) electrons. The van der Waals surface area contributed by atoms with Crippen LogP contribution in [0.1, 0.15) is 31.4 Å². The third-order valence-corrected chi connectivity index (χ3v) is 4.89. The van der Waals surface area contributed by atoms with Gasteiger partial charge in [0.25, 0.3) is 0 Å². The largest absolute Gasteiger partial charge is 0.356 e. The van der Waals surface area contributed by atoms with Crippen LogP contribution in [0.25, 0.3) is 0 Å². The second-order valence-corrected chi connectivity index (χ2v) is 7.28. The van der Waals surface area contributed by atoms with Crippen molar-refractivity contribution in [2.24, 2.45) is 18.0 Å². The predicted molar refractivity (Wildman–Crippen MR) is 116 cm³/mol. The Bertz CT molecular complexity index is 586. The van der Waals surface area contributed by atoms with Gasteiger partial charge in [0.1, 0.15) is 0 Å². The summed E-state index contributed by atoms with van der Waals surface area (Å²) in [6.45, 7) is 2.28. The molecule has 0 spiro atoms. The minimum absolute atomic E-state index is 0. The molecule has 0 atom stereocenters. The van der Waals surface area contributed by atoms with Gasteiger partial charge in [-0.2, -0.15) is 0 Å². The Hall–Kier alpha value is -0.770. The first kappa shape index (κ1) is 22.3. The van der Waals surface area contributed by atoms with Gasteiger partial charge in [0.15, 0.2) is 5.96 Å². The van der Waals surface area contributed by atoms with Gasteiger partial charge in [0.2, 0.25) is 5.91 Å². The van der Waals surface area contributed by atoms with Crippen LogP contribution in [0, 0.1) is 5.92 Å². The summed E-state index contributed by atoms with van der Waals surface area (Å²) in [4.78, 5) is 18.2. The molecular weight excluding hydrogens is 497 g/mol. The van der Waals surface area contributed by atoms with E-state index in [1.807, 2.05) is 20.3 Å². The molecule has 142 valence electrons. The normalized spacial score (nSPS) is 14.5. The van der Waals surface area contributed by atoms with Crippen LogP contribution in [-0.4, -0.2) is 48.5 Å². The zero-order valence-corrected chi connectivity index (χ0v) is 19.1. The fourth-order valence-corrected chi connectivity index (χ4v) is 3.31. The van der Waals surface area contributed by atoms with Gasteiger partial charge in [-0.1, -0.05) is 6.42 Å². The Morgan fingerprint density at radius 1 is 1.40 bits per heavy atom. The molecule has 25 heavy (non-hydrogen) atoms. The quantitative estimate of drug-likeness (QED) is 0.249. The van der Waals surface area contributed by atoms with E-state index in [0.717, 1.165) is 42.8 Å². The molecule has 0 aromatic carbocycles. The summed E-state index contributed by atoms with van der Waals surface area (Å²) in [7, 11) is 5.85. The molecule has 2 N–H and O–H groups in total. The average molecular weight is 526 g/mol. The number of hydrogen-bond acceptors (Lipinski definition) is 2. The van der Waals surface area contributed by atoms with Crippen molar-refractivity contribution in [3.05, 3.63) is 22.4 Å². The zero-order valence-electron chi connectivity index (χ0n) is 15.2. The van der Waals surface area contributed by atoms with E-state index >= 15 is 0 Å². The minimum Gasteiger partial charge on any atom is -0.356 e. The Kier molecular flexibility index (Phi) is 9.84. The van der Waals surface area contributed by atoms with E-state index in [-0.39, 0.29) is 35.8 Å². The van der Waals surface area contributed by atoms with Gasteiger partial charge < -0.3 is 20.1 Å². The summed E-state index contributed by atoms with van der Waals surface area (Å²) in [5.74, 6) is 1.34. The predicted octanol–water partition coefficient (Wildman–Crippen LogP) is 2.72. The molecule has 1 amide bonds. The number of rotatable bonds is 7. The highest BCUT2D eigenvalue weighted by molar-refractivity contribution is 14.0. The topological polar surface area (TPSA) is 61.7 Å². The van der Waals surface area contributed by atoms with E-state index in [1.165, 1.54) is 12.1 Å². The van der Waals surface area contributed by atoms with Crippen LogP contribution >= 0.6 is 39.9 Å². The van der Waals surface area contributed by atoms with Crippen LogP contribution < -0.4 is 10.6 Å². The van der Waals surface area contributed by atoms with E-state index in [9.17, 15) is 4.79 Å². The van der Waals surface area contributed by atoms with Gasteiger partial charge >= 0.3 is 0 Å². The number of aromatic nitrogens is 1. The molecule has 1 aliphatic carbocycles. The summed E-state index contributed by atoms with van der Waals surface area (Å²) < 4.78 is 3.18. The first-order valence-corrected chi connectivity index (χ1v) is 9.30. The molecule has 0 saturated heterocycles. The van der Waals surface area contributed by atoms with Gasteiger partial charge in [-0.15, -0.1) is 24.0 Å². The number of guanidine groups is 1. The summed E-state index contributed by atoms with van der Waals surface area (Å²) >= 11 is 3.50. The smallest absolute Gasteiger partial charge is 0.223 e. The third kappa shape index (κ3) is 6.80. The number of amides is 1. The van der Waals surface area contributed by atoms with Crippen molar-refractivity contribution in [1.29, 1.82) is 0 Å². The lowest BCUT2D eigenvalue weighted by Gasteiger charge is -2.24. The fourth-order valence-electron chi connectivity index (χ4n) is 2.74. The van der Waals surface area contributed by atoms with Crippen molar-refractivity contribution in [3.63, 3.8) is 0 Å². The Balaban J connectivity index is 0.00000312. The number of aliphatic imine (C=N–C) groups is 1. The fraction of sp³-hybridized carbons (Fsp3) is 0.647. The Morgan fingerprint density at radius 3 is 2.60 bits per heavy atom.